The molecular weight excluding hydrogens is 448 g/mol. The van der Waals surface area contributed by atoms with E-state index in [0.717, 1.165) is 34.9 Å². The Morgan fingerprint density at radius 3 is 2.83 bits per heavy atom. The van der Waals surface area contributed by atoms with Gasteiger partial charge in [-0.1, -0.05) is 36.7 Å². The molecule has 0 spiro atoms. The zero-order valence-electron chi connectivity index (χ0n) is 17.1. The van der Waals surface area contributed by atoms with Crippen LogP contribution in [0.2, 0.25) is 0 Å². The number of benzene rings is 1. The maximum Gasteiger partial charge on any atom is 0.249 e. The fourth-order valence-electron chi connectivity index (χ4n) is 3.69. The standard InChI is InChI=1S/C23H25BrN2O2S/c1-23(2,3)15-6-8-17-18(13-25)22(29-20(17)12-15)26-21(27)10-5-14-11-16(24)7-9-19(14)28-4/h5,7,9-11,15H,6,8,12H2,1-4H3,(H,26,27)/b10-5+/t15-/m0/s1. The molecule has 152 valence electrons. The van der Waals surface area contributed by atoms with Crippen molar-refractivity contribution >= 4 is 44.3 Å². The van der Waals surface area contributed by atoms with Gasteiger partial charge in [0.1, 0.15) is 16.8 Å². The van der Waals surface area contributed by atoms with Gasteiger partial charge in [-0.05, 0) is 60.4 Å². The lowest BCUT2D eigenvalue weighted by atomic mass is 9.72. The second kappa shape index (κ2) is 8.73. The summed E-state index contributed by atoms with van der Waals surface area (Å²) in [5, 5.41) is 13.2. The van der Waals surface area contributed by atoms with E-state index in [1.54, 1.807) is 24.5 Å². The highest BCUT2D eigenvalue weighted by atomic mass is 79.9. The Kier molecular flexibility index (Phi) is 6.50. The number of methoxy groups -OCH3 is 1. The van der Waals surface area contributed by atoms with Gasteiger partial charge in [0.05, 0.1) is 12.7 Å². The Morgan fingerprint density at radius 1 is 1.41 bits per heavy atom. The van der Waals surface area contributed by atoms with Crippen molar-refractivity contribution in [3.63, 3.8) is 0 Å². The van der Waals surface area contributed by atoms with Crippen molar-refractivity contribution in [2.24, 2.45) is 11.3 Å². The van der Waals surface area contributed by atoms with E-state index in [1.165, 1.54) is 11.0 Å². The minimum absolute atomic E-state index is 0.240. The highest BCUT2D eigenvalue weighted by Gasteiger charge is 2.32. The number of thiophene rings is 1. The SMILES string of the molecule is COc1ccc(Br)cc1/C=C/C(=O)Nc1sc2c(c1C#N)CC[C@H](C(C)(C)C)C2. The van der Waals surface area contributed by atoms with Crippen LogP contribution in [0.15, 0.2) is 28.7 Å². The summed E-state index contributed by atoms with van der Waals surface area (Å²) in [6, 6.07) is 7.92. The van der Waals surface area contributed by atoms with E-state index in [2.05, 4.69) is 48.1 Å². The normalized spacial score (nSPS) is 16.3. The van der Waals surface area contributed by atoms with Crippen LogP contribution in [0.1, 0.15) is 48.8 Å². The van der Waals surface area contributed by atoms with Gasteiger partial charge in [0.15, 0.2) is 0 Å². The molecule has 1 heterocycles. The van der Waals surface area contributed by atoms with Gasteiger partial charge in [0.25, 0.3) is 0 Å². The summed E-state index contributed by atoms with van der Waals surface area (Å²) >= 11 is 4.98. The summed E-state index contributed by atoms with van der Waals surface area (Å²) in [7, 11) is 1.60. The Labute approximate surface area is 184 Å². The van der Waals surface area contributed by atoms with Crippen LogP contribution in [0.5, 0.6) is 5.75 Å². The smallest absolute Gasteiger partial charge is 0.249 e. The van der Waals surface area contributed by atoms with Crippen LogP contribution in [-0.4, -0.2) is 13.0 Å². The Bertz CT molecular complexity index is 996. The number of halogens is 1. The van der Waals surface area contributed by atoms with Crippen LogP contribution in [0.25, 0.3) is 6.08 Å². The maximum atomic E-state index is 12.5. The van der Waals surface area contributed by atoms with Crippen molar-refractivity contribution in [2.75, 3.05) is 12.4 Å². The third-order valence-corrected chi connectivity index (χ3v) is 7.11. The first-order chi connectivity index (χ1) is 13.7. The van der Waals surface area contributed by atoms with Crippen molar-refractivity contribution < 1.29 is 9.53 Å². The van der Waals surface area contributed by atoms with E-state index in [0.29, 0.717) is 22.2 Å². The molecular formula is C23H25BrN2O2S. The molecule has 2 aromatic rings. The number of hydrogen-bond acceptors (Lipinski definition) is 4. The number of nitriles is 1. The second-order valence-electron chi connectivity index (χ2n) is 8.33. The van der Waals surface area contributed by atoms with E-state index in [4.69, 9.17) is 4.74 Å². The Hall–Kier alpha value is -2.10. The number of nitrogens with one attached hydrogen (secondary N) is 1. The van der Waals surface area contributed by atoms with Crippen LogP contribution in [0.3, 0.4) is 0 Å². The molecule has 0 saturated carbocycles. The monoisotopic (exact) mass is 472 g/mol. The lowest BCUT2D eigenvalue weighted by Gasteiger charge is -2.33. The van der Waals surface area contributed by atoms with Gasteiger partial charge >= 0.3 is 0 Å². The molecule has 1 aromatic carbocycles. The molecule has 0 unspecified atom stereocenters. The topological polar surface area (TPSA) is 62.1 Å². The van der Waals surface area contributed by atoms with Crippen LogP contribution >= 0.6 is 27.3 Å². The fourth-order valence-corrected chi connectivity index (χ4v) is 5.35. The average Bonchev–Trinajstić information content (AvgIpc) is 3.01. The third kappa shape index (κ3) is 4.91. The van der Waals surface area contributed by atoms with E-state index >= 15 is 0 Å². The molecule has 0 radical (unpaired) electrons. The number of hydrogen-bond donors (Lipinski definition) is 1. The zero-order chi connectivity index (χ0) is 21.2. The van der Waals surface area contributed by atoms with Gasteiger partial charge in [0.2, 0.25) is 5.91 Å². The molecule has 0 aliphatic heterocycles. The summed E-state index contributed by atoms with van der Waals surface area (Å²) < 4.78 is 6.24. The molecule has 0 bridgehead atoms. The molecule has 1 N–H and O–H groups in total. The molecule has 4 nitrogen and oxygen atoms in total. The molecule has 1 aromatic heterocycles. The largest absolute Gasteiger partial charge is 0.496 e. The van der Waals surface area contributed by atoms with Crippen molar-refractivity contribution in [1.29, 1.82) is 5.26 Å². The number of rotatable bonds is 4. The van der Waals surface area contributed by atoms with Gasteiger partial charge in [-0.2, -0.15) is 5.26 Å². The highest BCUT2D eigenvalue weighted by Crippen LogP contribution is 2.44. The fraction of sp³-hybridized carbons (Fsp3) is 0.391. The third-order valence-electron chi connectivity index (χ3n) is 5.44. The predicted octanol–water partition coefficient (Wildman–Crippen LogP) is 6.19. The lowest BCUT2D eigenvalue weighted by molar-refractivity contribution is -0.111. The van der Waals surface area contributed by atoms with E-state index in [9.17, 15) is 10.1 Å². The Morgan fingerprint density at radius 2 is 2.17 bits per heavy atom. The van der Waals surface area contributed by atoms with Crippen molar-refractivity contribution in [1.82, 2.24) is 0 Å². The molecule has 1 aliphatic carbocycles. The van der Waals surface area contributed by atoms with Crippen LogP contribution in [0.4, 0.5) is 5.00 Å². The predicted molar refractivity (Wildman–Crippen MR) is 122 cm³/mol. The maximum absolute atomic E-state index is 12.5. The number of anilines is 1. The summed E-state index contributed by atoms with van der Waals surface area (Å²) in [6.45, 7) is 6.81. The highest BCUT2D eigenvalue weighted by molar-refractivity contribution is 9.10. The number of amides is 1. The van der Waals surface area contributed by atoms with Gasteiger partial charge in [-0.15, -0.1) is 11.3 Å². The van der Waals surface area contributed by atoms with Gasteiger partial charge in [0, 0.05) is 21.0 Å². The zero-order valence-corrected chi connectivity index (χ0v) is 19.5. The first-order valence-corrected chi connectivity index (χ1v) is 11.2. The van der Waals surface area contributed by atoms with Gasteiger partial charge < -0.3 is 10.1 Å². The van der Waals surface area contributed by atoms with Crippen molar-refractivity contribution in [3.05, 3.63) is 50.3 Å². The van der Waals surface area contributed by atoms with Crippen LogP contribution in [-0.2, 0) is 17.6 Å². The summed E-state index contributed by atoms with van der Waals surface area (Å²) in [4.78, 5) is 13.8. The number of carbonyl (C=O) groups is 1. The molecule has 1 aliphatic rings. The lowest BCUT2D eigenvalue weighted by Crippen LogP contribution is -2.26. The molecule has 0 saturated heterocycles. The number of fused-ring (bicyclic) bond motifs is 1. The minimum atomic E-state index is -0.255. The number of ether oxygens (including phenoxy) is 1. The minimum Gasteiger partial charge on any atom is -0.496 e. The van der Waals surface area contributed by atoms with Crippen LogP contribution in [0, 0.1) is 22.7 Å². The van der Waals surface area contributed by atoms with Crippen LogP contribution < -0.4 is 10.1 Å². The second-order valence-corrected chi connectivity index (χ2v) is 10.4. The summed E-state index contributed by atoms with van der Waals surface area (Å²) in [5.41, 5.74) is 2.78. The number of nitrogens with zero attached hydrogens (tertiary/aromatic N) is 1. The van der Waals surface area contributed by atoms with E-state index < -0.39 is 0 Å². The van der Waals surface area contributed by atoms with E-state index in [-0.39, 0.29) is 11.3 Å². The molecule has 1 amide bonds. The van der Waals surface area contributed by atoms with E-state index in [1.807, 2.05) is 18.2 Å². The van der Waals surface area contributed by atoms with Crippen molar-refractivity contribution in [2.45, 2.75) is 40.0 Å². The van der Waals surface area contributed by atoms with Crippen molar-refractivity contribution in [3.8, 4) is 11.8 Å². The summed E-state index contributed by atoms with van der Waals surface area (Å²) in [5.74, 6) is 1.02. The first-order valence-electron chi connectivity index (χ1n) is 9.60. The quantitative estimate of drug-likeness (QED) is 0.539. The van der Waals surface area contributed by atoms with Gasteiger partial charge in [-0.3, -0.25) is 4.79 Å². The molecule has 6 heteroatoms. The summed E-state index contributed by atoms with van der Waals surface area (Å²) in [6.07, 6.45) is 6.14. The number of carbonyl (C=O) groups excluding carboxylic acids is 1. The first kappa shape index (κ1) is 21.6. The molecule has 1 atom stereocenters. The average molecular weight is 473 g/mol. The molecule has 0 fully saturated rings. The Balaban J connectivity index is 1.79. The molecule has 3 rings (SSSR count). The molecule has 29 heavy (non-hydrogen) atoms. The van der Waals surface area contributed by atoms with Gasteiger partial charge in [-0.25, -0.2) is 0 Å².